The van der Waals surface area contributed by atoms with Gasteiger partial charge in [-0.1, -0.05) is 0 Å². The van der Waals surface area contributed by atoms with Gasteiger partial charge in [-0.3, -0.25) is 4.79 Å². The van der Waals surface area contributed by atoms with Crippen LogP contribution >= 0.6 is 11.8 Å². The smallest absolute Gasteiger partial charge is 0.327 e. The SMILES string of the molecule is CC1SCC(C(=O)O)N1C(=O)C1COCC1N. The van der Waals surface area contributed by atoms with E-state index >= 15 is 0 Å². The van der Waals surface area contributed by atoms with E-state index in [0.29, 0.717) is 19.0 Å². The molecule has 2 heterocycles. The zero-order valence-corrected chi connectivity index (χ0v) is 10.4. The number of hydrogen-bond acceptors (Lipinski definition) is 5. The molecule has 0 saturated carbocycles. The highest BCUT2D eigenvalue weighted by Gasteiger charge is 2.44. The molecule has 6 nitrogen and oxygen atoms in total. The topological polar surface area (TPSA) is 92.9 Å². The minimum Gasteiger partial charge on any atom is -0.480 e. The molecule has 2 aliphatic heterocycles. The highest BCUT2D eigenvalue weighted by atomic mass is 32.2. The summed E-state index contributed by atoms with van der Waals surface area (Å²) in [5.41, 5.74) is 5.79. The van der Waals surface area contributed by atoms with Crippen LogP contribution in [0.2, 0.25) is 0 Å². The number of carboxylic acid groups (broad SMARTS) is 1. The Morgan fingerprint density at radius 2 is 2.18 bits per heavy atom. The van der Waals surface area contributed by atoms with Crippen LogP contribution in [0.5, 0.6) is 0 Å². The van der Waals surface area contributed by atoms with Crippen molar-refractivity contribution >= 4 is 23.6 Å². The first kappa shape index (κ1) is 12.7. The number of nitrogens with zero attached hydrogens (tertiary/aromatic N) is 1. The standard InChI is InChI=1S/C10H16N2O4S/c1-5-12(8(4-17-5)10(14)15)9(13)6-2-16-3-7(6)11/h5-8H,2-4,11H2,1H3,(H,14,15). The molecule has 2 rings (SSSR count). The van der Waals surface area contributed by atoms with Crippen molar-refractivity contribution in [2.45, 2.75) is 24.4 Å². The summed E-state index contributed by atoms with van der Waals surface area (Å²) in [5.74, 6) is -1.12. The largest absolute Gasteiger partial charge is 0.480 e. The van der Waals surface area contributed by atoms with E-state index in [9.17, 15) is 9.59 Å². The number of rotatable bonds is 2. The summed E-state index contributed by atoms with van der Waals surface area (Å²) in [7, 11) is 0. The predicted molar refractivity (Wildman–Crippen MR) is 62.5 cm³/mol. The number of carboxylic acids is 1. The summed E-state index contributed by atoms with van der Waals surface area (Å²) >= 11 is 1.47. The number of carbonyl (C=O) groups is 2. The van der Waals surface area contributed by atoms with Gasteiger partial charge in [0, 0.05) is 11.8 Å². The molecule has 0 spiro atoms. The number of amides is 1. The maximum absolute atomic E-state index is 12.3. The lowest BCUT2D eigenvalue weighted by atomic mass is 10.0. The van der Waals surface area contributed by atoms with Gasteiger partial charge in [-0.15, -0.1) is 11.8 Å². The Bertz CT molecular complexity index is 338. The maximum Gasteiger partial charge on any atom is 0.327 e. The van der Waals surface area contributed by atoms with E-state index in [0.717, 1.165) is 0 Å². The summed E-state index contributed by atoms with van der Waals surface area (Å²) in [6.07, 6.45) is 0. The summed E-state index contributed by atoms with van der Waals surface area (Å²) in [6, 6.07) is -1.06. The molecule has 7 heteroatoms. The second kappa shape index (κ2) is 4.83. The third-order valence-corrected chi connectivity index (χ3v) is 4.42. The fourth-order valence-corrected chi connectivity index (χ4v) is 3.36. The molecule has 2 fully saturated rings. The number of ether oxygens (including phenoxy) is 1. The molecule has 0 radical (unpaired) electrons. The quantitative estimate of drug-likeness (QED) is 0.684. The molecule has 3 N–H and O–H groups in total. The van der Waals surface area contributed by atoms with E-state index < -0.39 is 17.9 Å². The Balaban J connectivity index is 2.13. The number of carbonyl (C=O) groups excluding carboxylic acids is 1. The third-order valence-electron chi connectivity index (χ3n) is 3.20. The summed E-state index contributed by atoms with van der Waals surface area (Å²) in [6.45, 7) is 2.50. The second-order valence-corrected chi connectivity index (χ2v) is 5.69. The molecule has 0 aliphatic carbocycles. The van der Waals surface area contributed by atoms with Gasteiger partial charge in [0.1, 0.15) is 6.04 Å². The molecule has 2 aliphatic rings. The van der Waals surface area contributed by atoms with Crippen molar-refractivity contribution in [3.8, 4) is 0 Å². The molecule has 96 valence electrons. The van der Waals surface area contributed by atoms with Gasteiger partial charge in [0.25, 0.3) is 0 Å². The Morgan fingerprint density at radius 3 is 2.71 bits per heavy atom. The highest BCUT2D eigenvalue weighted by Crippen LogP contribution is 2.31. The zero-order valence-electron chi connectivity index (χ0n) is 9.54. The van der Waals surface area contributed by atoms with Crippen LogP contribution in [-0.2, 0) is 14.3 Å². The number of aliphatic carboxylic acids is 1. The van der Waals surface area contributed by atoms with Crippen molar-refractivity contribution < 1.29 is 19.4 Å². The normalized spacial score (nSPS) is 37.4. The minimum atomic E-state index is -0.956. The van der Waals surface area contributed by atoms with Gasteiger partial charge < -0.3 is 20.5 Å². The molecule has 0 aromatic carbocycles. The van der Waals surface area contributed by atoms with E-state index in [4.69, 9.17) is 15.6 Å². The lowest BCUT2D eigenvalue weighted by molar-refractivity contribution is -0.150. The zero-order chi connectivity index (χ0) is 12.6. The van der Waals surface area contributed by atoms with Gasteiger partial charge in [0.2, 0.25) is 5.91 Å². The second-order valence-electron chi connectivity index (χ2n) is 4.34. The first-order chi connectivity index (χ1) is 8.02. The third kappa shape index (κ3) is 2.27. The van der Waals surface area contributed by atoms with Gasteiger partial charge in [0.05, 0.1) is 24.5 Å². The van der Waals surface area contributed by atoms with Gasteiger partial charge in [-0.05, 0) is 6.92 Å². The van der Waals surface area contributed by atoms with E-state index in [-0.39, 0.29) is 17.3 Å². The van der Waals surface area contributed by atoms with Crippen molar-refractivity contribution in [1.29, 1.82) is 0 Å². The van der Waals surface area contributed by atoms with Gasteiger partial charge in [-0.2, -0.15) is 0 Å². The highest BCUT2D eigenvalue weighted by molar-refractivity contribution is 8.00. The lowest BCUT2D eigenvalue weighted by Crippen LogP contribution is -2.50. The van der Waals surface area contributed by atoms with Crippen LogP contribution in [0.3, 0.4) is 0 Å². The summed E-state index contributed by atoms with van der Waals surface area (Å²) in [5, 5.41) is 8.97. The van der Waals surface area contributed by atoms with Gasteiger partial charge >= 0.3 is 5.97 Å². The predicted octanol–water partition coefficient (Wildman–Crippen LogP) is -0.665. The summed E-state index contributed by atoms with van der Waals surface area (Å²) in [4.78, 5) is 24.8. The van der Waals surface area contributed by atoms with Crippen LogP contribution in [-0.4, -0.2) is 58.3 Å². The average molecular weight is 260 g/mol. The van der Waals surface area contributed by atoms with Crippen LogP contribution in [0.25, 0.3) is 0 Å². The van der Waals surface area contributed by atoms with Gasteiger partial charge in [-0.25, -0.2) is 4.79 Å². The Morgan fingerprint density at radius 1 is 1.47 bits per heavy atom. The van der Waals surface area contributed by atoms with Crippen LogP contribution in [0, 0.1) is 5.92 Å². The molecule has 17 heavy (non-hydrogen) atoms. The molecule has 4 unspecified atom stereocenters. The van der Waals surface area contributed by atoms with E-state index in [1.54, 1.807) is 0 Å². The van der Waals surface area contributed by atoms with E-state index in [1.165, 1.54) is 16.7 Å². The van der Waals surface area contributed by atoms with Crippen LogP contribution in [0.4, 0.5) is 0 Å². The lowest BCUT2D eigenvalue weighted by Gasteiger charge is -2.28. The Hall–Kier alpha value is -0.790. The van der Waals surface area contributed by atoms with Crippen LogP contribution in [0.15, 0.2) is 0 Å². The van der Waals surface area contributed by atoms with Crippen molar-refractivity contribution in [2.75, 3.05) is 19.0 Å². The van der Waals surface area contributed by atoms with E-state index in [2.05, 4.69) is 0 Å². The van der Waals surface area contributed by atoms with E-state index in [1.807, 2.05) is 6.92 Å². The number of hydrogen-bond donors (Lipinski definition) is 2. The number of nitrogens with two attached hydrogens (primary N) is 1. The number of thioether (sulfide) groups is 1. The Kier molecular flexibility index (Phi) is 3.60. The van der Waals surface area contributed by atoms with Crippen molar-refractivity contribution in [3.63, 3.8) is 0 Å². The first-order valence-corrected chi connectivity index (χ1v) is 6.57. The molecule has 0 aromatic heterocycles. The van der Waals surface area contributed by atoms with Crippen molar-refractivity contribution in [2.24, 2.45) is 11.7 Å². The van der Waals surface area contributed by atoms with Crippen LogP contribution in [0.1, 0.15) is 6.92 Å². The van der Waals surface area contributed by atoms with Crippen molar-refractivity contribution in [3.05, 3.63) is 0 Å². The molecule has 0 aromatic rings. The average Bonchev–Trinajstić information content (AvgIpc) is 2.83. The summed E-state index contributed by atoms with van der Waals surface area (Å²) < 4.78 is 5.15. The van der Waals surface area contributed by atoms with Gasteiger partial charge in [0.15, 0.2) is 0 Å². The van der Waals surface area contributed by atoms with Crippen LogP contribution < -0.4 is 5.73 Å². The first-order valence-electron chi connectivity index (χ1n) is 5.52. The molecule has 2 saturated heterocycles. The molecular formula is C10H16N2O4S. The molecule has 0 bridgehead atoms. The fourth-order valence-electron chi connectivity index (χ4n) is 2.18. The molecular weight excluding hydrogens is 244 g/mol. The minimum absolute atomic E-state index is 0.114. The van der Waals surface area contributed by atoms with Crippen molar-refractivity contribution in [1.82, 2.24) is 4.90 Å². The molecule has 4 atom stereocenters. The maximum atomic E-state index is 12.3. The monoisotopic (exact) mass is 260 g/mol. The Labute approximate surface area is 103 Å². The molecule has 1 amide bonds. The fraction of sp³-hybridized carbons (Fsp3) is 0.800.